The van der Waals surface area contributed by atoms with Gasteiger partial charge in [0.2, 0.25) is 0 Å². The van der Waals surface area contributed by atoms with Gasteiger partial charge in [-0.3, -0.25) is 0 Å². The number of anilines is 1. The van der Waals surface area contributed by atoms with Crippen molar-refractivity contribution in [1.82, 2.24) is 5.32 Å². The summed E-state index contributed by atoms with van der Waals surface area (Å²) in [5, 5.41) is 7.19. The van der Waals surface area contributed by atoms with E-state index in [-0.39, 0.29) is 0 Å². The van der Waals surface area contributed by atoms with Crippen molar-refractivity contribution in [2.75, 3.05) is 18.5 Å². The van der Waals surface area contributed by atoms with E-state index in [0.717, 1.165) is 18.0 Å². The largest absolute Gasteiger partial charge is 0.492 e. The third kappa shape index (κ3) is 11.0. The predicted molar refractivity (Wildman–Crippen MR) is 114 cm³/mol. The molecule has 0 saturated heterocycles. The van der Waals surface area contributed by atoms with Crippen LogP contribution in [0.25, 0.3) is 0 Å². The number of rotatable bonds is 14. The summed E-state index contributed by atoms with van der Waals surface area (Å²) in [6, 6.07) is 7.89. The van der Waals surface area contributed by atoms with E-state index in [2.05, 4.69) is 17.6 Å². The molecule has 3 nitrogen and oxygen atoms in total. The quantitative estimate of drug-likeness (QED) is 0.300. The van der Waals surface area contributed by atoms with Crippen molar-refractivity contribution in [3.05, 3.63) is 24.3 Å². The van der Waals surface area contributed by atoms with Crippen LogP contribution in [0.3, 0.4) is 0 Å². The molecule has 1 aromatic rings. The van der Waals surface area contributed by atoms with Gasteiger partial charge in [-0.15, -0.1) is 0 Å². The third-order valence-electron chi connectivity index (χ3n) is 4.25. The van der Waals surface area contributed by atoms with Gasteiger partial charge in [0.15, 0.2) is 5.11 Å². The summed E-state index contributed by atoms with van der Waals surface area (Å²) in [7, 11) is 0. The molecular weight excluding hydrogens is 328 g/mol. The van der Waals surface area contributed by atoms with Crippen LogP contribution in [0.15, 0.2) is 24.3 Å². The Labute approximate surface area is 159 Å². The molecule has 0 spiro atoms. The van der Waals surface area contributed by atoms with Gasteiger partial charge in [0.25, 0.3) is 0 Å². The summed E-state index contributed by atoms with van der Waals surface area (Å²) in [6.07, 6.45) is 13.5. The number of unbranched alkanes of at least 4 members (excludes halogenated alkanes) is 9. The van der Waals surface area contributed by atoms with E-state index in [0.29, 0.717) is 11.7 Å². The second-order valence-electron chi connectivity index (χ2n) is 6.49. The Balaban J connectivity index is 2.02. The van der Waals surface area contributed by atoms with Gasteiger partial charge in [0.1, 0.15) is 5.75 Å². The second-order valence-corrected chi connectivity index (χ2v) is 6.90. The van der Waals surface area contributed by atoms with Gasteiger partial charge in [-0.2, -0.15) is 0 Å². The highest BCUT2D eigenvalue weighted by Crippen LogP contribution is 2.23. The molecule has 0 amide bonds. The number of thiocarbonyl (C=S) groups is 1. The number of ether oxygens (including phenoxy) is 1. The highest BCUT2D eigenvalue weighted by molar-refractivity contribution is 7.80. The Bertz CT molecular complexity index is 465. The standard InChI is InChI=1S/C21H36N2OS/c1-3-5-6-7-8-9-10-11-12-15-18-22-21(25)23-19-16-13-14-17-20(19)24-4-2/h13-14,16-17H,3-12,15,18H2,1-2H3,(H2,22,23,25). The lowest BCUT2D eigenvalue weighted by Crippen LogP contribution is -2.29. The van der Waals surface area contributed by atoms with Crippen molar-refractivity contribution >= 4 is 23.0 Å². The third-order valence-corrected chi connectivity index (χ3v) is 4.50. The maximum atomic E-state index is 5.60. The zero-order valence-corrected chi connectivity index (χ0v) is 16.9. The van der Waals surface area contributed by atoms with Gasteiger partial charge in [0, 0.05) is 6.54 Å². The Hall–Kier alpha value is -1.29. The summed E-state index contributed by atoms with van der Waals surface area (Å²) in [6.45, 7) is 5.84. The fourth-order valence-corrected chi connectivity index (χ4v) is 3.04. The van der Waals surface area contributed by atoms with Crippen molar-refractivity contribution in [2.45, 2.75) is 78.1 Å². The number of hydrogen-bond donors (Lipinski definition) is 2. The molecule has 0 aromatic heterocycles. The van der Waals surface area contributed by atoms with Crippen molar-refractivity contribution in [3.8, 4) is 5.75 Å². The molecule has 1 aromatic carbocycles. The first-order valence-electron chi connectivity index (χ1n) is 10.0. The van der Waals surface area contributed by atoms with Crippen LogP contribution in [0.1, 0.15) is 78.1 Å². The summed E-state index contributed by atoms with van der Waals surface area (Å²) in [4.78, 5) is 0. The first kappa shape index (κ1) is 21.8. The van der Waals surface area contributed by atoms with Gasteiger partial charge >= 0.3 is 0 Å². The SMILES string of the molecule is CCCCCCCCCCCCNC(=S)Nc1ccccc1OCC. The van der Waals surface area contributed by atoms with Crippen molar-refractivity contribution in [2.24, 2.45) is 0 Å². The van der Waals surface area contributed by atoms with Crippen LogP contribution in [-0.4, -0.2) is 18.3 Å². The lowest BCUT2D eigenvalue weighted by atomic mass is 10.1. The first-order valence-corrected chi connectivity index (χ1v) is 10.5. The molecule has 142 valence electrons. The lowest BCUT2D eigenvalue weighted by molar-refractivity contribution is 0.342. The van der Waals surface area contributed by atoms with E-state index in [1.54, 1.807) is 0 Å². The summed E-state index contributed by atoms with van der Waals surface area (Å²) in [5.41, 5.74) is 0.921. The second kappa shape index (κ2) is 15.0. The molecule has 0 aliphatic rings. The monoisotopic (exact) mass is 364 g/mol. The van der Waals surface area contributed by atoms with E-state index >= 15 is 0 Å². The van der Waals surface area contributed by atoms with E-state index in [1.165, 1.54) is 64.2 Å². The molecular formula is C21H36N2OS. The molecule has 0 heterocycles. The highest BCUT2D eigenvalue weighted by atomic mass is 32.1. The van der Waals surface area contributed by atoms with Crippen molar-refractivity contribution in [1.29, 1.82) is 0 Å². The summed E-state index contributed by atoms with van der Waals surface area (Å²) < 4.78 is 5.60. The number of nitrogens with one attached hydrogen (secondary N) is 2. The molecule has 0 bridgehead atoms. The molecule has 0 unspecified atom stereocenters. The van der Waals surface area contributed by atoms with Crippen LogP contribution in [0.4, 0.5) is 5.69 Å². The topological polar surface area (TPSA) is 33.3 Å². The van der Waals surface area contributed by atoms with Crippen LogP contribution in [0, 0.1) is 0 Å². The van der Waals surface area contributed by atoms with Crippen LogP contribution in [0.2, 0.25) is 0 Å². The number of para-hydroxylation sites is 2. The van der Waals surface area contributed by atoms with Crippen LogP contribution in [0.5, 0.6) is 5.75 Å². The maximum Gasteiger partial charge on any atom is 0.170 e. The molecule has 0 atom stereocenters. The van der Waals surface area contributed by atoms with Crippen LogP contribution in [-0.2, 0) is 0 Å². The van der Waals surface area contributed by atoms with Gasteiger partial charge in [0.05, 0.1) is 12.3 Å². The van der Waals surface area contributed by atoms with Gasteiger partial charge in [-0.1, -0.05) is 76.8 Å². The molecule has 2 N–H and O–H groups in total. The Morgan fingerprint density at radius 3 is 2.12 bits per heavy atom. The van der Waals surface area contributed by atoms with Crippen molar-refractivity contribution in [3.63, 3.8) is 0 Å². The average Bonchev–Trinajstić information content (AvgIpc) is 2.61. The van der Waals surface area contributed by atoms with Gasteiger partial charge in [-0.25, -0.2) is 0 Å². The Morgan fingerprint density at radius 1 is 0.880 bits per heavy atom. The minimum absolute atomic E-state index is 0.650. The molecule has 0 saturated carbocycles. The highest BCUT2D eigenvalue weighted by Gasteiger charge is 2.03. The van der Waals surface area contributed by atoms with E-state index in [1.807, 2.05) is 31.2 Å². The molecule has 4 heteroatoms. The van der Waals surface area contributed by atoms with E-state index in [9.17, 15) is 0 Å². The van der Waals surface area contributed by atoms with E-state index in [4.69, 9.17) is 17.0 Å². The maximum absolute atomic E-state index is 5.60. The van der Waals surface area contributed by atoms with E-state index < -0.39 is 0 Å². The van der Waals surface area contributed by atoms with Gasteiger partial charge < -0.3 is 15.4 Å². The number of benzene rings is 1. The molecule has 0 fully saturated rings. The minimum atomic E-state index is 0.650. The van der Waals surface area contributed by atoms with Gasteiger partial charge in [-0.05, 0) is 37.7 Å². The first-order chi connectivity index (χ1) is 12.3. The average molecular weight is 365 g/mol. The van der Waals surface area contributed by atoms with Crippen LogP contribution >= 0.6 is 12.2 Å². The van der Waals surface area contributed by atoms with Crippen molar-refractivity contribution < 1.29 is 4.74 Å². The Morgan fingerprint density at radius 2 is 1.48 bits per heavy atom. The molecule has 0 radical (unpaired) electrons. The zero-order valence-electron chi connectivity index (χ0n) is 16.1. The Kier molecular flexibility index (Phi) is 13.1. The fourth-order valence-electron chi connectivity index (χ4n) is 2.83. The molecule has 25 heavy (non-hydrogen) atoms. The molecule has 0 aliphatic carbocycles. The van der Waals surface area contributed by atoms with Crippen LogP contribution < -0.4 is 15.4 Å². The minimum Gasteiger partial charge on any atom is -0.492 e. The normalized spacial score (nSPS) is 10.5. The summed E-state index contributed by atoms with van der Waals surface area (Å²) in [5.74, 6) is 0.841. The molecule has 0 aliphatic heterocycles. The predicted octanol–water partition coefficient (Wildman–Crippen LogP) is 6.29. The number of hydrogen-bond acceptors (Lipinski definition) is 2. The lowest BCUT2D eigenvalue weighted by Gasteiger charge is -2.14. The smallest absolute Gasteiger partial charge is 0.170 e. The fraction of sp³-hybridized carbons (Fsp3) is 0.667. The zero-order chi connectivity index (χ0) is 18.2. The molecule has 1 rings (SSSR count). The summed E-state index contributed by atoms with van der Waals surface area (Å²) >= 11 is 5.37.